The number of aromatic nitrogens is 2. The lowest BCUT2D eigenvalue weighted by Crippen LogP contribution is -2.43. The molecule has 1 saturated carbocycles. The van der Waals surface area contributed by atoms with Crippen molar-refractivity contribution >= 4 is 5.91 Å². The van der Waals surface area contributed by atoms with E-state index in [1.165, 1.54) is 36.5 Å². The minimum absolute atomic E-state index is 0.0409. The quantitative estimate of drug-likeness (QED) is 0.466. The highest BCUT2D eigenvalue weighted by Crippen LogP contribution is 2.26. The van der Waals surface area contributed by atoms with E-state index in [9.17, 15) is 22.8 Å². The molecule has 7 nitrogen and oxygen atoms in total. The van der Waals surface area contributed by atoms with Gasteiger partial charge in [0.2, 0.25) is 0 Å². The molecule has 4 rings (SSSR count). The van der Waals surface area contributed by atoms with Crippen molar-refractivity contribution in [3.05, 3.63) is 82.5 Å². The Morgan fingerprint density at radius 2 is 1.77 bits per heavy atom. The highest BCUT2D eigenvalue weighted by Gasteiger charge is 2.31. The van der Waals surface area contributed by atoms with Gasteiger partial charge in [0.1, 0.15) is 11.3 Å². The Morgan fingerprint density at radius 1 is 1.06 bits per heavy atom. The number of H-pyrrole nitrogens is 1. The van der Waals surface area contributed by atoms with E-state index >= 15 is 0 Å². The lowest BCUT2D eigenvalue weighted by molar-refractivity contribution is -0.274. The Bertz CT molecular complexity index is 1190. The lowest BCUT2D eigenvalue weighted by Gasteiger charge is -2.29. The van der Waals surface area contributed by atoms with Gasteiger partial charge < -0.3 is 20.4 Å². The number of benzene rings is 1. The number of aromatic amines is 1. The van der Waals surface area contributed by atoms with E-state index in [0.29, 0.717) is 17.2 Å². The topological polar surface area (TPSA) is 96.1 Å². The monoisotopic (exact) mass is 486 g/mol. The first-order valence-corrected chi connectivity index (χ1v) is 11.3. The van der Waals surface area contributed by atoms with E-state index in [1.807, 2.05) is 18.3 Å². The highest BCUT2D eigenvalue weighted by atomic mass is 19.4. The second-order valence-corrected chi connectivity index (χ2v) is 8.47. The van der Waals surface area contributed by atoms with Crippen molar-refractivity contribution in [3.8, 4) is 16.9 Å². The molecule has 0 saturated heterocycles. The van der Waals surface area contributed by atoms with Crippen molar-refractivity contribution in [1.29, 1.82) is 0 Å². The Hall–Kier alpha value is -3.66. The minimum atomic E-state index is -4.78. The molecule has 35 heavy (non-hydrogen) atoms. The van der Waals surface area contributed by atoms with Crippen LogP contribution in [-0.2, 0) is 6.54 Å². The third kappa shape index (κ3) is 6.92. The molecule has 2 aromatic heterocycles. The number of nitrogens with zero attached hydrogens (tertiary/aromatic N) is 1. The minimum Gasteiger partial charge on any atom is -0.406 e. The second-order valence-electron chi connectivity index (χ2n) is 8.47. The molecule has 0 unspecified atom stereocenters. The molecule has 0 bridgehead atoms. The number of alkyl halides is 3. The van der Waals surface area contributed by atoms with Crippen LogP contribution >= 0.6 is 0 Å². The van der Waals surface area contributed by atoms with E-state index in [4.69, 9.17) is 0 Å². The molecule has 184 valence electrons. The zero-order chi connectivity index (χ0) is 24.8. The second kappa shape index (κ2) is 10.7. The fourth-order valence-electron chi connectivity index (χ4n) is 4.14. The van der Waals surface area contributed by atoms with Crippen LogP contribution < -0.4 is 20.9 Å². The van der Waals surface area contributed by atoms with Crippen LogP contribution in [-0.4, -0.2) is 34.3 Å². The maximum absolute atomic E-state index is 12.8. The molecular formula is C25H25F3N4O3. The number of amides is 1. The molecule has 0 atom stereocenters. The number of carbonyl (C=O) groups excluding carboxylic acids is 1. The lowest BCUT2D eigenvalue weighted by atomic mass is 9.91. The zero-order valence-electron chi connectivity index (χ0n) is 18.8. The first kappa shape index (κ1) is 24.5. The van der Waals surface area contributed by atoms with E-state index < -0.39 is 17.8 Å². The zero-order valence-corrected chi connectivity index (χ0v) is 18.8. The summed E-state index contributed by atoms with van der Waals surface area (Å²) >= 11 is 0. The fourth-order valence-corrected chi connectivity index (χ4v) is 4.14. The SMILES string of the molecule is O=C(NC1CCC(NCc2cccnc2)CC1)c1cc(-c2ccc(OC(F)(F)F)cc2)c[nH]c1=O. The van der Waals surface area contributed by atoms with Crippen LogP contribution in [0, 0.1) is 0 Å². The van der Waals surface area contributed by atoms with Crippen molar-refractivity contribution in [2.24, 2.45) is 0 Å². The van der Waals surface area contributed by atoms with Crippen molar-refractivity contribution in [1.82, 2.24) is 20.6 Å². The summed E-state index contributed by atoms with van der Waals surface area (Å²) in [6, 6.07) is 10.9. The van der Waals surface area contributed by atoms with Crippen molar-refractivity contribution < 1.29 is 22.7 Å². The molecule has 1 fully saturated rings. The standard InChI is InChI=1S/C25H25F3N4O3/c26-25(27,28)35-21-9-3-17(4-10-21)18-12-22(23(33)31-15-18)24(34)32-20-7-5-19(6-8-20)30-14-16-2-1-11-29-13-16/h1-4,9-13,15,19-20,30H,5-8,14H2,(H,31,33)(H,32,34). The molecule has 1 aliphatic rings. The van der Waals surface area contributed by atoms with Gasteiger partial charge in [-0.25, -0.2) is 0 Å². The van der Waals surface area contributed by atoms with Crippen molar-refractivity contribution in [2.75, 3.05) is 0 Å². The molecule has 1 aliphatic carbocycles. The van der Waals surface area contributed by atoms with E-state index in [-0.39, 0.29) is 17.4 Å². The molecule has 1 aromatic carbocycles. The summed E-state index contributed by atoms with van der Waals surface area (Å²) < 4.78 is 41.0. The Kier molecular flexibility index (Phi) is 7.50. The van der Waals surface area contributed by atoms with Gasteiger partial charge in [-0.15, -0.1) is 13.2 Å². The van der Waals surface area contributed by atoms with Crippen LogP contribution in [0.4, 0.5) is 13.2 Å². The Morgan fingerprint density at radius 3 is 2.43 bits per heavy atom. The predicted octanol–water partition coefficient (Wildman–Crippen LogP) is 4.17. The van der Waals surface area contributed by atoms with E-state index in [1.54, 1.807) is 6.20 Å². The van der Waals surface area contributed by atoms with Crippen LogP contribution in [0.25, 0.3) is 11.1 Å². The molecule has 10 heteroatoms. The third-order valence-corrected chi connectivity index (χ3v) is 5.95. The molecular weight excluding hydrogens is 461 g/mol. The molecule has 0 spiro atoms. The summed E-state index contributed by atoms with van der Waals surface area (Å²) in [5.41, 5.74) is 1.57. The van der Waals surface area contributed by atoms with Gasteiger partial charge in [0.05, 0.1) is 0 Å². The maximum atomic E-state index is 12.8. The number of hydrogen-bond acceptors (Lipinski definition) is 5. The third-order valence-electron chi connectivity index (χ3n) is 5.95. The largest absolute Gasteiger partial charge is 0.573 e. The average molecular weight is 486 g/mol. The van der Waals surface area contributed by atoms with Gasteiger partial charge in [0.25, 0.3) is 11.5 Å². The van der Waals surface area contributed by atoms with Gasteiger partial charge >= 0.3 is 6.36 Å². The highest BCUT2D eigenvalue weighted by molar-refractivity contribution is 5.95. The number of nitrogens with one attached hydrogen (secondary N) is 3. The maximum Gasteiger partial charge on any atom is 0.573 e. The van der Waals surface area contributed by atoms with Crippen LogP contribution in [0.5, 0.6) is 5.75 Å². The van der Waals surface area contributed by atoms with E-state index in [2.05, 4.69) is 25.3 Å². The summed E-state index contributed by atoms with van der Waals surface area (Å²) in [6.07, 6.45) is 3.57. The number of ether oxygens (including phenoxy) is 1. The molecule has 3 aromatic rings. The molecule has 2 heterocycles. The summed E-state index contributed by atoms with van der Waals surface area (Å²) in [4.78, 5) is 31.8. The predicted molar refractivity (Wildman–Crippen MR) is 124 cm³/mol. The van der Waals surface area contributed by atoms with Gasteiger partial charge in [-0.2, -0.15) is 0 Å². The normalized spacial score (nSPS) is 18.1. The summed E-state index contributed by atoms with van der Waals surface area (Å²) in [6.45, 7) is 0.737. The average Bonchev–Trinajstić information content (AvgIpc) is 2.84. The van der Waals surface area contributed by atoms with Gasteiger partial charge in [0, 0.05) is 37.2 Å². The molecule has 0 radical (unpaired) electrons. The van der Waals surface area contributed by atoms with Gasteiger partial charge in [-0.3, -0.25) is 14.6 Å². The number of carbonyl (C=O) groups is 1. The summed E-state index contributed by atoms with van der Waals surface area (Å²) in [7, 11) is 0. The van der Waals surface area contributed by atoms with Gasteiger partial charge in [0.15, 0.2) is 0 Å². The number of rotatable bonds is 7. The smallest absolute Gasteiger partial charge is 0.406 e. The molecule has 1 amide bonds. The Labute approximate surface area is 199 Å². The van der Waals surface area contributed by atoms with Gasteiger partial charge in [-0.05, 0) is 66.6 Å². The van der Waals surface area contributed by atoms with E-state index in [0.717, 1.165) is 37.8 Å². The van der Waals surface area contributed by atoms with Crippen LogP contribution in [0.15, 0.2) is 65.8 Å². The Balaban J connectivity index is 1.33. The van der Waals surface area contributed by atoms with Gasteiger partial charge in [-0.1, -0.05) is 18.2 Å². The molecule has 0 aliphatic heterocycles. The summed E-state index contributed by atoms with van der Waals surface area (Å²) in [5.74, 6) is -0.828. The number of pyridine rings is 2. The summed E-state index contributed by atoms with van der Waals surface area (Å²) in [5, 5.41) is 6.46. The number of hydrogen-bond donors (Lipinski definition) is 3. The fraction of sp³-hybridized carbons (Fsp3) is 0.320. The van der Waals surface area contributed by atoms with Crippen molar-refractivity contribution in [2.45, 2.75) is 50.7 Å². The molecule has 3 N–H and O–H groups in total. The van der Waals surface area contributed by atoms with Crippen LogP contribution in [0.3, 0.4) is 0 Å². The van der Waals surface area contributed by atoms with Crippen LogP contribution in [0.2, 0.25) is 0 Å². The van der Waals surface area contributed by atoms with Crippen LogP contribution in [0.1, 0.15) is 41.6 Å². The first-order chi connectivity index (χ1) is 16.8. The van der Waals surface area contributed by atoms with Crippen molar-refractivity contribution in [3.63, 3.8) is 0 Å². The number of halogens is 3. The first-order valence-electron chi connectivity index (χ1n) is 11.3.